The number of nitrogens with two attached hydrogens (primary N) is 1. The van der Waals surface area contributed by atoms with Gasteiger partial charge in [0.25, 0.3) is 5.96 Å². The zero-order valence-corrected chi connectivity index (χ0v) is 9.03. The van der Waals surface area contributed by atoms with Gasteiger partial charge in [0.05, 0.1) is 13.3 Å². The van der Waals surface area contributed by atoms with Crippen molar-refractivity contribution in [3.63, 3.8) is 0 Å². The molecule has 1 aromatic carbocycles. The molecule has 0 fully saturated rings. The van der Waals surface area contributed by atoms with Crippen molar-refractivity contribution in [2.75, 3.05) is 7.11 Å². The Bertz CT molecular complexity index is 440. The number of nitrogens with zero attached hydrogens (tertiary/aromatic N) is 3. The number of nitro groups is 1. The second-order valence-corrected chi connectivity index (χ2v) is 2.87. The van der Waals surface area contributed by atoms with Crippen LogP contribution >= 0.6 is 0 Å². The molecule has 0 bridgehead atoms. The molecule has 17 heavy (non-hydrogen) atoms. The van der Waals surface area contributed by atoms with Gasteiger partial charge in [0.15, 0.2) is 5.03 Å². The highest BCUT2D eigenvalue weighted by Crippen LogP contribution is 2.09. The van der Waals surface area contributed by atoms with Gasteiger partial charge >= 0.3 is 0 Å². The van der Waals surface area contributed by atoms with Crippen LogP contribution in [0.25, 0.3) is 0 Å². The lowest BCUT2D eigenvalue weighted by atomic mass is 10.2. The summed E-state index contributed by atoms with van der Waals surface area (Å²) in [7, 11) is 1.57. The molecule has 0 heterocycles. The molecular weight excluding hydrogens is 226 g/mol. The van der Waals surface area contributed by atoms with Gasteiger partial charge in [-0.05, 0) is 29.8 Å². The average Bonchev–Trinajstić information content (AvgIpc) is 2.29. The summed E-state index contributed by atoms with van der Waals surface area (Å²) in [5.74, 6) is 0.333. The number of hydrogen-bond acceptors (Lipinski definition) is 5. The Labute approximate surface area is 96.9 Å². The van der Waals surface area contributed by atoms with E-state index in [2.05, 4.69) is 10.2 Å². The summed E-state index contributed by atoms with van der Waals surface area (Å²) in [6, 6.07) is 7.03. The first-order valence-corrected chi connectivity index (χ1v) is 4.53. The van der Waals surface area contributed by atoms with Crippen molar-refractivity contribution in [2.45, 2.75) is 0 Å². The first-order chi connectivity index (χ1) is 8.11. The van der Waals surface area contributed by atoms with Crippen molar-refractivity contribution in [1.82, 2.24) is 5.43 Å². The number of ether oxygens (including phenoxy) is 1. The normalized spacial score (nSPS) is 11.5. The second kappa shape index (κ2) is 6.05. The number of guanidine groups is 1. The molecule has 0 unspecified atom stereocenters. The van der Waals surface area contributed by atoms with E-state index < -0.39 is 5.03 Å². The largest absolute Gasteiger partial charge is 0.497 e. The van der Waals surface area contributed by atoms with Gasteiger partial charge in [0.1, 0.15) is 5.75 Å². The average molecular weight is 237 g/mol. The minimum atomic E-state index is -0.818. The van der Waals surface area contributed by atoms with Crippen molar-refractivity contribution in [3.8, 4) is 5.75 Å². The van der Waals surface area contributed by atoms with Gasteiger partial charge in [-0.25, -0.2) is 10.1 Å². The van der Waals surface area contributed by atoms with E-state index in [4.69, 9.17) is 10.5 Å². The molecule has 0 spiro atoms. The van der Waals surface area contributed by atoms with Crippen molar-refractivity contribution < 1.29 is 9.77 Å². The van der Waals surface area contributed by atoms with Gasteiger partial charge in [-0.2, -0.15) is 5.10 Å². The van der Waals surface area contributed by atoms with E-state index in [-0.39, 0.29) is 5.96 Å². The second-order valence-electron chi connectivity index (χ2n) is 2.87. The smallest absolute Gasteiger partial charge is 0.275 e. The third kappa shape index (κ3) is 4.60. The van der Waals surface area contributed by atoms with E-state index in [1.165, 1.54) is 6.21 Å². The number of methoxy groups -OCH3 is 1. The number of rotatable bonds is 4. The molecule has 0 atom stereocenters. The quantitative estimate of drug-likeness (QED) is 0.334. The molecule has 8 heteroatoms. The molecule has 0 aromatic heterocycles. The Morgan fingerprint density at radius 2 is 2.18 bits per heavy atom. The summed E-state index contributed by atoms with van der Waals surface area (Å²) in [5, 5.41) is 16.1. The van der Waals surface area contributed by atoms with Crippen LogP contribution in [0.15, 0.2) is 34.5 Å². The molecule has 0 aliphatic carbocycles. The fourth-order valence-corrected chi connectivity index (χ4v) is 0.964. The monoisotopic (exact) mass is 237 g/mol. The van der Waals surface area contributed by atoms with Gasteiger partial charge in [0.2, 0.25) is 0 Å². The topological polar surface area (TPSA) is 115 Å². The van der Waals surface area contributed by atoms with Gasteiger partial charge in [-0.3, -0.25) is 0 Å². The van der Waals surface area contributed by atoms with E-state index in [1.54, 1.807) is 36.8 Å². The Kier molecular flexibility index (Phi) is 4.43. The first kappa shape index (κ1) is 12.4. The lowest BCUT2D eigenvalue weighted by molar-refractivity contribution is -0.525. The lowest BCUT2D eigenvalue weighted by Gasteiger charge is -1.98. The van der Waals surface area contributed by atoms with Crippen LogP contribution in [-0.4, -0.2) is 24.3 Å². The molecule has 1 aromatic rings. The minimum Gasteiger partial charge on any atom is -0.497 e. The molecule has 3 N–H and O–H groups in total. The Morgan fingerprint density at radius 1 is 1.53 bits per heavy atom. The molecule has 0 saturated carbocycles. The van der Waals surface area contributed by atoms with Crippen LogP contribution in [0.4, 0.5) is 0 Å². The fraction of sp³-hybridized carbons (Fsp3) is 0.111. The zero-order valence-electron chi connectivity index (χ0n) is 9.03. The number of benzene rings is 1. The maximum atomic E-state index is 9.98. The van der Waals surface area contributed by atoms with Crippen LogP contribution in [-0.2, 0) is 0 Å². The van der Waals surface area contributed by atoms with Crippen molar-refractivity contribution in [3.05, 3.63) is 39.9 Å². The summed E-state index contributed by atoms with van der Waals surface area (Å²) < 4.78 is 4.98. The van der Waals surface area contributed by atoms with Crippen LogP contribution in [0.5, 0.6) is 5.75 Å². The molecule has 8 nitrogen and oxygen atoms in total. The lowest BCUT2D eigenvalue weighted by Crippen LogP contribution is -2.35. The van der Waals surface area contributed by atoms with Crippen LogP contribution in [0, 0.1) is 10.1 Å². The van der Waals surface area contributed by atoms with E-state index in [0.717, 1.165) is 11.3 Å². The number of hydrogen-bond donors (Lipinski definition) is 2. The maximum Gasteiger partial charge on any atom is 0.275 e. The van der Waals surface area contributed by atoms with E-state index in [1.807, 2.05) is 0 Å². The first-order valence-electron chi connectivity index (χ1n) is 4.53. The van der Waals surface area contributed by atoms with Crippen LogP contribution in [0.1, 0.15) is 5.56 Å². The van der Waals surface area contributed by atoms with Gasteiger partial charge in [-0.15, -0.1) is 5.10 Å². The summed E-state index contributed by atoms with van der Waals surface area (Å²) in [4.78, 5) is 9.98. The SMILES string of the molecule is COc1ccc(/C=N\N=C(/N)N[N+](=O)[O-])cc1. The van der Waals surface area contributed by atoms with Crippen LogP contribution in [0.2, 0.25) is 0 Å². The Hall–Kier alpha value is -2.64. The molecule has 0 saturated heterocycles. The molecule has 90 valence electrons. The van der Waals surface area contributed by atoms with Gasteiger partial charge < -0.3 is 10.5 Å². The van der Waals surface area contributed by atoms with Gasteiger partial charge in [-0.1, -0.05) is 5.43 Å². The molecular formula is C9H11N5O3. The zero-order chi connectivity index (χ0) is 12.7. The standard InChI is InChI=1S/C9H11N5O3/c1-17-8-4-2-7(3-5-8)6-11-12-9(10)13-14(15)16/h2-6H,1H3,(H3,10,12,13)/b11-6-. The number of hydrazine groups is 1. The van der Waals surface area contributed by atoms with Crippen molar-refractivity contribution in [1.29, 1.82) is 0 Å². The van der Waals surface area contributed by atoms with Gasteiger partial charge in [0, 0.05) is 0 Å². The summed E-state index contributed by atoms with van der Waals surface area (Å²) in [5.41, 5.74) is 7.58. The molecule has 0 aliphatic heterocycles. The van der Waals surface area contributed by atoms with E-state index in [9.17, 15) is 10.1 Å². The van der Waals surface area contributed by atoms with Crippen LogP contribution in [0.3, 0.4) is 0 Å². The van der Waals surface area contributed by atoms with Crippen molar-refractivity contribution >= 4 is 12.2 Å². The third-order valence-corrected chi connectivity index (χ3v) is 1.69. The summed E-state index contributed by atoms with van der Waals surface area (Å²) >= 11 is 0. The molecule has 0 aliphatic rings. The van der Waals surface area contributed by atoms with Crippen LogP contribution < -0.4 is 15.9 Å². The fourth-order valence-electron chi connectivity index (χ4n) is 0.964. The predicted molar refractivity (Wildman–Crippen MR) is 62.3 cm³/mol. The molecule has 0 radical (unpaired) electrons. The van der Waals surface area contributed by atoms with E-state index in [0.29, 0.717) is 0 Å². The predicted octanol–water partition coefficient (Wildman–Crippen LogP) is 0.125. The minimum absolute atomic E-state index is 0.389. The molecule has 1 rings (SSSR count). The highest BCUT2D eigenvalue weighted by molar-refractivity contribution is 5.81. The van der Waals surface area contributed by atoms with E-state index >= 15 is 0 Å². The third-order valence-electron chi connectivity index (χ3n) is 1.69. The highest BCUT2D eigenvalue weighted by atomic mass is 16.7. The molecule has 0 amide bonds. The van der Waals surface area contributed by atoms with Crippen molar-refractivity contribution in [2.24, 2.45) is 15.9 Å². The Balaban J connectivity index is 2.61. The summed E-state index contributed by atoms with van der Waals surface area (Å²) in [6.07, 6.45) is 1.41. The summed E-state index contributed by atoms with van der Waals surface area (Å²) in [6.45, 7) is 0. The maximum absolute atomic E-state index is 9.98. The number of nitrogens with one attached hydrogen (secondary N) is 1. The Morgan fingerprint density at radius 3 is 2.71 bits per heavy atom. The highest BCUT2D eigenvalue weighted by Gasteiger charge is 1.96.